The van der Waals surface area contributed by atoms with E-state index < -0.39 is 0 Å². The van der Waals surface area contributed by atoms with Crippen molar-refractivity contribution in [2.75, 3.05) is 38.1 Å². The van der Waals surface area contributed by atoms with Gasteiger partial charge in [0.2, 0.25) is 0 Å². The van der Waals surface area contributed by atoms with Gasteiger partial charge in [-0.15, -0.1) is 5.10 Å². The van der Waals surface area contributed by atoms with Gasteiger partial charge in [0.1, 0.15) is 5.82 Å². The van der Waals surface area contributed by atoms with E-state index in [1.807, 2.05) is 35.3 Å². The third kappa shape index (κ3) is 4.21. The maximum Gasteiger partial charge on any atom is 0.133 e. The molecule has 0 unspecified atom stereocenters. The van der Waals surface area contributed by atoms with Gasteiger partial charge >= 0.3 is 0 Å². The lowest BCUT2D eigenvalue weighted by atomic mass is 10.2. The molecule has 0 amide bonds. The lowest BCUT2D eigenvalue weighted by Crippen LogP contribution is -2.45. The third-order valence-electron chi connectivity index (χ3n) is 5.19. The molecule has 1 aromatic carbocycles. The van der Waals surface area contributed by atoms with Gasteiger partial charge in [0.05, 0.1) is 17.6 Å². The SMILES string of the molecule is Cc1ccccc1-n1cc(CNCc2cccnc2N2CCN(C)CC2)nn1. The molecule has 0 bridgehead atoms. The lowest BCUT2D eigenvalue weighted by molar-refractivity contribution is 0.311. The number of nitrogens with one attached hydrogen (secondary N) is 1. The number of benzene rings is 1. The zero-order valence-electron chi connectivity index (χ0n) is 16.5. The summed E-state index contributed by atoms with van der Waals surface area (Å²) < 4.78 is 1.84. The van der Waals surface area contributed by atoms with E-state index in [9.17, 15) is 0 Å². The van der Waals surface area contributed by atoms with E-state index in [-0.39, 0.29) is 0 Å². The number of hydrogen-bond donors (Lipinski definition) is 1. The van der Waals surface area contributed by atoms with E-state index >= 15 is 0 Å². The molecule has 7 heteroatoms. The first kappa shape index (κ1) is 18.6. The molecular formula is C21H27N7. The smallest absolute Gasteiger partial charge is 0.133 e. The van der Waals surface area contributed by atoms with Crippen LogP contribution in [-0.2, 0) is 13.1 Å². The molecule has 146 valence electrons. The number of rotatable bonds is 6. The molecule has 4 rings (SSSR count). The fourth-order valence-corrected chi connectivity index (χ4v) is 3.51. The Bertz CT molecular complexity index is 912. The molecule has 0 saturated carbocycles. The highest BCUT2D eigenvalue weighted by Crippen LogP contribution is 2.19. The summed E-state index contributed by atoms with van der Waals surface area (Å²) in [6.07, 6.45) is 3.87. The molecule has 0 aliphatic carbocycles. The molecule has 0 radical (unpaired) electrons. The predicted molar refractivity (Wildman–Crippen MR) is 111 cm³/mol. The van der Waals surface area contributed by atoms with Crippen LogP contribution in [0.5, 0.6) is 0 Å². The Morgan fingerprint density at radius 3 is 2.64 bits per heavy atom. The lowest BCUT2D eigenvalue weighted by Gasteiger charge is -2.34. The van der Waals surface area contributed by atoms with Crippen LogP contribution in [0.1, 0.15) is 16.8 Å². The second-order valence-corrected chi connectivity index (χ2v) is 7.32. The standard InChI is InChI=1S/C21H27N7/c1-17-6-3-4-8-20(17)28-16-19(24-25-28)15-22-14-18-7-5-9-23-21(18)27-12-10-26(2)11-13-27/h3-9,16,22H,10-15H2,1-2H3. The van der Waals surface area contributed by atoms with Gasteiger partial charge in [-0.25, -0.2) is 9.67 Å². The zero-order chi connectivity index (χ0) is 19.3. The van der Waals surface area contributed by atoms with Gasteiger partial charge in [0, 0.05) is 51.0 Å². The monoisotopic (exact) mass is 377 g/mol. The highest BCUT2D eigenvalue weighted by molar-refractivity contribution is 5.47. The van der Waals surface area contributed by atoms with Gasteiger partial charge in [-0.05, 0) is 31.7 Å². The van der Waals surface area contributed by atoms with Gasteiger partial charge in [-0.3, -0.25) is 0 Å². The van der Waals surface area contributed by atoms with Gasteiger partial charge in [0.25, 0.3) is 0 Å². The molecule has 1 aliphatic heterocycles. The van der Waals surface area contributed by atoms with Crippen LogP contribution in [-0.4, -0.2) is 58.1 Å². The first-order valence-corrected chi connectivity index (χ1v) is 9.76. The average molecular weight is 377 g/mol. The fraction of sp³-hybridized carbons (Fsp3) is 0.381. The summed E-state index contributed by atoms with van der Waals surface area (Å²) in [4.78, 5) is 9.38. The van der Waals surface area contributed by atoms with E-state index in [4.69, 9.17) is 0 Å². The molecule has 3 heterocycles. The Morgan fingerprint density at radius 2 is 1.82 bits per heavy atom. The maximum absolute atomic E-state index is 4.64. The minimum atomic E-state index is 0.670. The van der Waals surface area contributed by atoms with Crippen molar-refractivity contribution in [3.8, 4) is 5.69 Å². The molecule has 0 atom stereocenters. The zero-order valence-corrected chi connectivity index (χ0v) is 16.5. The van der Waals surface area contributed by atoms with Crippen LogP contribution < -0.4 is 10.2 Å². The summed E-state index contributed by atoms with van der Waals surface area (Å²) in [7, 11) is 2.17. The number of anilines is 1. The number of pyridine rings is 1. The van der Waals surface area contributed by atoms with Crippen LogP contribution in [0.3, 0.4) is 0 Å². The Labute approximate surface area is 166 Å². The number of para-hydroxylation sites is 1. The van der Waals surface area contributed by atoms with Crippen LogP contribution in [0.25, 0.3) is 5.69 Å². The van der Waals surface area contributed by atoms with E-state index in [1.165, 1.54) is 11.1 Å². The van der Waals surface area contributed by atoms with Gasteiger partial charge in [-0.2, -0.15) is 0 Å². The molecule has 1 aliphatic rings. The molecule has 1 N–H and O–H groups in total. The largest absolute Gasteiger partial charge is 0.354 e. The second-order valence-electron chi connectivity index (χ2n) is 7.32. The quantitative estimate of drug-likeness (QED) is 0.709. The molecular weight excluding hydrogens is 350 g/mol. The number of aromatic nitrogens is 4. The van der Waals surface area contributed by atoms with Crippen molar-refractivity contribution < 1.29 is 0 Å². The van der Waals surface area contributed by atoms with Gasteiger partial charge < -0.3 is 15.1 Å². The van der Waals surface area contributed by atoms with Crippen LogP contribution in [0, 0.1) is 6.92 Å². The van der Waals surface area contributed by atoms with Crippen LogP contribution >= 0.6 is 0 Å². The second kappa shape index (κ2) is 8.50. The summed E-state index contributed by atoms with van der Waals surface area (Å²) in [6.45, 7) is 7.69. The Kier molecular flexibility index (Phi) is 5.64. The molecule has 28 heavy (non-hydrogen) atoms. The molecule has 1 fully saturated rings. The molecule has 1 saturated heterocycles. The normalized spacial score (nSPS) is 15.1. The highest BCUT2D eigenvalue weighted by Gasteiger charge is 2.17. The van der Waals surface area contributed by atoms with E-state index in [0.717, 1.165) is 49.9 Å². The molecule has 2 aromatic heterocycles. The van der Waals surface area contributed by atoms with E-state index in [0.29, 0.717) is 6.54 Å². The van der Waals surface area contributed by atoms with Crippen molar-refractivity contribution in [2.45, 2.75) is 20.0 Å². The molecule has 0 spiro atoms. The number of aryl methyl sites for hydroxylation is 1. The number of nitrogens with zero attached hydrogens (tertiary/aromatic N) is 6. The van der Waals surface area contributed by atoms with Crippen molar-refractivity contribution in [1.29, 1.82) is 0 Å². The minimum absolute atomic E-state index is 0.670. The number of hydrogen-bond acceptors (Lipinski definition) is 6. The maximum atomic E-state index is 4.64. The highest BCUT2D eigenvalue weighted by atomic mass is 15.4. The minimum Gasteiger partial charge on any atom is -0.354 e. The molecule has 3 aromatic rings. The third-order valence-corrected chi connectivity index (χ3v) is 5.19. The first-order valence-electron chi connectivity index (χ1n) is 9.76. The Balaban J connectivity index is 1.38. The van der Waals surface area contributed by atoms with Crippen LogP contribution in [0.2, 0.25) is 0 Å². The Morgan fingerprint density at radius 1 is 1.00 bits per heavy atom. The summed E-state index contributed by atoms with van der Waals surface area (Å²) in [5, 5.41) is 12.1. The Hall–Kier alpha value is -2.77. The van der Waals surface area contributed by atoms with E-state index in [2.05, 4.69) is 62.6 Å². The van der Waals surface area contributed by atoms with Gasteiger partial charge in [0.15, 0.2) is 0 Å². The van der Waals surface area contributed by atoms with Gasteiger partial charge in [-0.1, -0.05) is 29.5 Å². The first-order chi connectivity index (χ1) is 13.7. The van der Waals surface area contributed by atoms with Crippen molar-refractivity contribution in [2.24, 2.45) is 0 Å². The summed E-state index contributed by atoms with van der Waals surface area (Å²) >= 11 is 0. The van der Waals surface area contributed by atoms with Crippen molar-refractivity contribution in [1.82, 2.24) is 30.2 Å². The fourth-order valence-electron chi connectivity index (χ4n) is 3.51. The topological polar surface area (TPSA) is 62.1 Å². The summed E-state index contributed by atoms with van der Waals surface area (Å²) in [5.41, 5.74) is 4.39. The van der Waals surface area contributed by atoms with Crippen molar-refractivity contribution in [3.05, 3.63) is 65.6 Å². The van der Waals surface area contributed by atoms with Crippen molar-refractivity contribution >= 4 is 5.82 Å². The predicted octanol–water partition coefficient (Wildman–Crippen LogP) is 2.01. The molecule has 7 nitrogen and oxygen atoms in total. The van der Waals surface area contributed by atoms with Crippen LogP contribution in [0.4, 0.5) is 5.82 Å². The average Bonchev–Trinajstić information content (AvgIpc) is 3.18. The summed E-state index contributed by atoms with van der Waals surface area (Å²) in [5.74, 6) is 1.09. The van der Waals surface area contributed by atoms with Crippen molar-refractivity contribution in [3.63, 3.8) is 0 Å². The summed E-state index contributed by atoms with van der Waals surface area (Å²) in [6, 6.07) is 12.3. The van der Waals surface area contributed by atoms with E-state index in [1.54, 1.807) is 0 Å². The van der Waals surface area contributed by atoms with Crippen LogP contribution in [0.15, 0.2) is 48.8 Å². The number of likely N-dealkylation sites (N-methyl/N-ethyl adjacent to an activating group) is 1. The number of piperazine rings is 1.